The molecule has 200 valence electrons. The number of hydrogen-bond donors (Lipinski definition) is 0. The molecular weight excluding hydrogens is 511 g/mol. The Bertz CT molecular complexity index is 1450. The van der Waals surface area contributed by atoms with Crippen LogP contribution >= 0.6 is 0 Å². The van der Waals surface area contributed by atoms with Crippen LogP contribution in [0.25, 0.3) is 12.2 Å². The van der Waals surface area contributed by atoms with Crippen molar-refractivity contribution in [1.82, 2.24) is 0 Å². The molecule has 0 atom stereocenters. The molecule has 0 heterocycles. The highest BCUT2D eigenvalue weighted by Crippen LogP contribution is 2.23. The number of ether oxygens (including phenoxy) is 1. The van der Waals surface area contributed by atoms with E-state index in [-0.39, 0.29) is 5.56 Å². The van der Waals surface area contributed by atoms with Crippen LogP contribution in [-0.2, 0) is 19.3 Å². The molecule has 0 aliphatic carbocycles. The van der Waals surface area contributed by atoms with Gasteiger partial charge in [-0.1, -0.05) is 74.0 Å². The second-order valence-corrected chi connectivity index (χ2v) is 9.09. The van der Waals surface area contributed by atoms with E-state index >= 15 is 0 Å². The molecule has 0 aromatic heterocycles. The lowest BCUT2D eigenvalue weighted by Gasteiger charge is -2.08. The van der Waals surface area contributed by atoms with Gasteiger partial charge in [0.1, 0.15) is 22.9 Å². The highest BCUT2D eigenvalue weighted by molar-refractivity contribution is 5.92. The van der Waals surface area contributed by atoms with E-state index in [4.69, 9.17) is 0 Å². The molecule has 0 N–H and O–H groups in total. The minimum Gasteiger partial charge on any atom is -0.423 e. The van der Waals surface area contributed by atoms with E-state index in [2.05, 4.69) is 35.9 Å². The minimum absolute atomic E-state index is 0.149. The fourth-order valence-corrected chi connectivity index (χ4v) is 4.07. The zero-order valence-corrected chi connectivity index (χ0v) is 21.1. The van der Waals surface area contributed by atoms with E-state index in [0.29, 0.717) is 12.1 Å². The van der Waals surface area contributed by atoms with Gasteiger partial charge < -0.3 is 4.74 Å². The molecule has 0 aliphatic rings. The average molecular weight is 537 g/mol. The quantitative estimate of drug-likeness (QED) is 0.0705. The highest BCUT2D eigenvalue weighted by atomic mass is 19.2. The second kappa shape index (κ2) is 12.5. The van der Waals surface area contributed by atoms with Crippen LogP contribution in [0.1, 0.15) is 51.5 Å². The summed E-state index contributed by atoms with van der Waals surface area (Å²) in [5, 5.41) is 0. The van der Waals surface area contributed by atoms with Crippen molar-refractivity contribution >= 4 is 18.1 Å². The molecule has 0 bridgehead atoms. The third kappa shape index (κ3) is 7.19. The number of esters is 1. The Morgan fingerprint density at radius 3 is 1.62 bits per heavy atom. The van der Waals surface area contributed by atoms with E-state index < -0.39 is 46.4 Å². The Kier molecular flexibility index (Phi) is 8.92. The topological polar surface area (TPSA) is 26.3 Å². The average Bonchev–Trinajstić information content (AvgIpc) is 2.90. The van der Waals surface area contributed by atoms with Gasteiger partial charge in [0.15, 0.2) is 17.5 Å². The second-order valence-electron chi connectivity index (χ2n) is 9.09. The number of halogens is 5. The van der Waals surface area contributed by atoms with Crippen LogP contribution in [0, 0.1) is 29.1 Å². The smallest absolute Gasteiger partial charge is 0.349 e. The van der Waals surface area contributed by atoms with Crippen LogP contribution in [0.5, 0.6) is 5.75 Å². The van der Waals surface area contributed by atoms with Gasteiger partial charge in [0.2, 0.25) is 0 Å². The largest absolute Gasteiger partial charge is 0.423 e. The van der Waals surface area contributed by atoms with Gasteiger partial charge in [-0.3, -0.25) is 0 Å². The highest BCUT2D eigenvalue weighted by Gasteiger charge is 2.22. The van der Waals surface area contributed by atoms with Crippen molar-refractivity contribution in [1.29, 1.82) is 0 Å². The Hall–Kier alpha value is -4.26. The van der Waals surface area contributed by atoms with Crippen molar-refractivity contribution in [2.45, 2.75) is 32.6 Å². The van der Waals surface area contributed by atoms with Gasteiger partial charge in [-0.05, 0) is 59.2 Å². The van der Waals surface area contributed by atoms with Gasteiger partial charge in [0, 0.05) is 12.1 Å². The summed E-state index contributed by atoms with van der Waals surface area (Å²) in [6.07, 6.45) is 7.15. The summed E-state index contributed by atoms with van der Waals surface area (Å²) in [4.78, 5) is 12.2. The van der Waals surface area contributed by atoms with Crippen LogP contribution in [0.4, 0.5) is 22.0 Å². The summed E-state index contributed by atoms with van der Waals surface area (Å²) < 4.78 is 73.5. The Morgan fingerprint density at radius 1 is 0.641 bits per heavy atom. The third-order valence-corrected chi connectivity index (χ3v) is 6.15. The molecule has 4 aromatic carbocycles. The van der Waals surface area contributed by atoms with E-state index in [9.17, 15) is 26.7 Å². The van der Waals surface area contributed by atoms with Gasteiger partial charge in [-0.2, -0.15) is 0 Å². The maximum absolute atomic E-state index is 14.6. The molecule has 0 saturated carbocycles. The molecule has 0 radical (unpaired) electrons. The van der Waals surface area contributed by atoms with Crippen molar-refractivity contribution < 1.29 is 31.5 Å². The zero-order chi connectivity index (χ0) is 27.9. The first kappa shape index (κ1) is 27.8. The Morgan fingerprint density at radius 2 is 1.10 bits per heavy atom. The molecule has 0 unspecified atom stereocenters. The molecule has 2 nitrogen and oxygen atoms in total. The Balaban J connectivity index is 1.38. The van der Waals surface area contributed by atoms with Crippen LogP contribution < -0.4 is 4.74 Å². The molecule has 4 rings (SSSR count). The first-order chi connectivity index (χ1) is 18.7. The van der Waals surface area contributed by atoms with Gasteiger partial charge in [-0.25, -0.2) is 26.7 Å². The van der Waals surface area contributed by atoms with E-state index in [1.165, 1.54) is 17.2 Å². The lowest BCUT2D eigenvalue weighted by Crippen LogP contribution is -2.14. The Labute approximate surface area is 223 Å². The van der Waals surface area contributed by atoms with Crippen molar-refractivity contribution in [3.8, 4) is 5.75 Å². The fourth-order valence-electron chi connectivity index (χ4n) is 4.07. The van der Waals surface area contributed by atoms with Gasteiger partial charge >= 0.3 is 5.97 Å². The standard InChI is InChI=1S/C32H25F5O2/c1-2-3-20-4-6-21(7-5-20)8-9-22-10-12-23(13-11-22)14-15-24-16-26(33)30(27(34)17-24)32(38)39-25-18-28(35)31(37)29(36)19-25/h4-7,10-19H,2-3,8-9H2,1H3/b15-14+. The monoisotopic (exact) mass is 536 g/mol. The fraction of sp³-hybridized carbons (Fsp3) is 0.156. The molecule has 4 aromatic rings. The number of rotatable bonds is 9. The lowest BCUT2D eigenvalue weighted by molar-refractivity contribution is 0.0723. The maximum Gasteiger partial charge on any atom is 0.349 e. The first-order valence-corrected chi connectivity index (χ1v) is 12.4. The summed E-state index contributed by atoms with van der Waals surface area (Å²) in [6, 6.07) is 19.1. The molecule has 39 heavy (non-hydrogen) atoms. The molecule has 7 heteroatoms. The van der Waals surface area contributed by atoms with Gasteiger partial charge in [0.05, 0.1) is 0 Å². The minimum atomic E-state index is -1.76. The molecule has 0 spiro atoms. The molecule has 0 saturated heterocycles. The summed E-state index contributed by atoms with van der Waals surface area (Å²) in [7, 11) is 0. The number of hydrogen-bond acceptors (Lipinski definition) is 2. The van der Waals surface area contributed by atoms with Crippen LogP contribution in [-0.4, -0.2) is 5.97 Å². The maximum atomic E-state index is 14.6. The van der Waals surface area contributed by atoms with Crippen LogP contribution in [0.3, 0.4) is 0 Å². The third-order valence-electron chi connectivity index (χ3n) is 6.15. The number of aryl methyl sites for hydroxylation is 3. The lowest BCUT2D eigenvalue weighted by atomic mass is 10.0. The number of benzene rings is 4. The molecule has 0 amide bonds. The normalized spacial score (nSPS) is 11.2. The number of carbonyl (C=O) groups is 1. The van der Waals surface area contributed by atoms with Crippen molar-refractivity contribution in [3.05, 3.63) is 135 Å². The molecule has 0 fully saturated rings. The summed E-state index contributed by atoms with van der Waals surface area (Å²) in [5.41, 5.74) is 3.69. The predicted molar refractivity (Wildman–Crippen MR) is 141 cm³/mol. The van der Waals surface area contributed by atoms with Crippen LogP contribution in [0.15, 0.2) is 72.8 Å². The van der Waals surface area contributed by atoms with Gasteiger partial charge in [-0.15, -0.1) is 0 Å². The molecule has 0 aliphatic heterocycles. The first-order valence-electron chi connectivity index (χ1n) is 12.4. The van der Waals surface area contributed by atoms with Gasteiger partial charge in [0.25, 0.3) is 0 Å². The van der Waals surface area contributed by atoms with E-state index in [1.54, 1.807) is 6.08 Å². The van der Waals surface area contributed by atoms with E-state index in [0.717, 1.165) is 48.9 Å². The van der Waals surface area contributed by atoms with Crippen molar-refractivity contribution in [3.63, 3.8) is 0 Å². The summed E-state index contributed by atoms with van der Waals surface area (Å²) in [5.74, 6) is -9.66. The van der Waals surface area contributed by atoms with Crippen molar-refractivity contribution in [2.24, 2.45) is 0 Å². The van der Waals surface area contributed by atoms with Crippen LogP contribution in [0.2, 0.25) is 0 Å². The zero-order valence-electron chi connectivity index (χ0n) is 21.1. The molecular formula is C32H25F5O2. The SMILES string of the molecule is CCCc1ccc(CCc2ccc(/C=C/c3cc(F)c(C(=O)Oc4cc(F)c(F)c(F)c4)c(F)c3)cc2)cc1. The van der Waals surface area contributed by atoms with Crippen molar-refractivity contribution in [2.75, 3.05) is 0 Å². The number of carbonyl (C=O) groups excluding carboxylic acids is 1. The summed E-state index contributed by atoms with van der Waals surface area (Å²) in [6.45, 7) is 2.16. The summed E-state index contributed by atoms with van der Waals surface area (Å²) >= 11 is 0. The predicted octanol–water partition coefficient (Wildman–Crippen LogP) is 8.51. The van der Waals surface area contributed by atoms with E-state index in [1.807, 2.05) is 24.3 Å².